The number of nitrogens with zero attached hydrogens (tertiary/aromatic N) is 2. The van der Waals surface area contributed by atoms with Gasteiger partial charge in [-0.3, -0.25) is 14.4 Å². The molecule has 27 heavy (non-hydrogen) atoms. The number of piperidine rings is 1. The summed E-state index contributed by atoms with van der Waals surface area (Å²) in [5.41, 5.74) is 5.22. The van der Waals surface area contributed by atoms with Crippen molar-refractivity contribution in [2.45, 2.75) is 17.7 Å². The Hall–Kier alpha value is -2.46. The fraction of sp³-hybridized carbons (Fsp3) is 0.471. The fourth-order valence-corrected chi connectivity index (χ4v) is 4.52. The molecule has 1 fully saturated rings. The Balaban J connectivity index is 2.02. The van der Waals surface area contributed by atoms with Crippen molar-refractivity contribution in [2.24, 2.45) is 11.7 Å². The normalized spacial score (nSPS) is 15.9. The number of hydrogen-bond acceptors (Lipinski definition) is 5. The predicted molar refractivity (Wildman–Crippen MR) is 98.1 cm³/mol. The summed E-state index contributed by atoms with van der Waals surface area (Å²) in [7, 11) is -0.686. The molecule has 0 radical (unpaired) electrons. The van der Waals surface area contributed by atoms with E-state index in [4.69, 9.17) is 5.73 Å². The average molecular weight is 396 g/mol. The zero-order chi connectivity index (χ0) is 20.2. The summed E-state index contributed by atoms with van der Waals surface area (Å²) < 4.78 is 26.9. The van der Waals surface area contributed by atoms with Gasteiger partial charge in [0, 0.05) is 33.1 Å². The first kappa shape index (κ1) is 20.8. The SMILES string of the molecule is CN(C)C(=O)CNC(=O)C1CCN(S(=O)(=O)c2ccccc2C(N)=O)CC1. The third kappa shape index (κ3) is 4.83. The second-order valence-corrected chi connectivity index (χ2v) is 8.45. The monoisotopic (exact) mass is 396 g/mol. The highest BCUT2D eigenvalue weighted by Crippen LogP contribution is 2.25. The van der Waals surface area contributed by atoms with Crippen LogP contribution in [0.3, 0.4) is 0 Å². The molecule has 1 aliphatic heterocycles. The molecule has 0 unspecified atom stereocenters. The Bertz CT molecular complexity index is 829. The van der Waals surface area contributed by atoms with Crippen LogP contribution < -0.4 is 11.1 Å². The molecule has 9 nitrogen and oxygen atoms in total. The van der Waals surface area contributed by atoms with Crippen molar-refractivity contribution >= 4 is 27.7 Å². The second kappa shape index (κ2) is 8.49. The molecule has 1 heterocycles. The van der Waals surface area contributed by atoms with Gasteiger partial charge in [-0.2, -0.15) is 4.31 Å². The molecule has 148 valence electrons. The molecule has 10 heteroatoms. The van der Waals surface area contributed by atoms with Crippen LogP contribution in [-0.2, 0) is 19.6 Å². The summed E-state index contributed by atoms with van der Waals surface area (Å²) in [5, 5.41) is 2.58. The molecule has 0 saturated carbocycles. The molecule has 2 rings (SSSR count). The van der Waals surface area contributed by atoms with E-state index in [0.29, 0.717) is 12.8 Å². The van der Waals surface area contributed by atoms with Crippen molar-refractivity contribution < 1.29 is 22.8 Å². The van der Waals surface area contributed by atoms with Gasteiger partial charge in [-0.1, -0.05) is 12.1 Å². The van der Waals surface area contributed by atoms with Crippen LogP contribution in [0.5, 0.6) is 0 Å². The number of carbonyl (C=O) groups excluding carboxylic acids is 3. The lowest BCUT2D eigenvalue weighted by molar-refractivity contribution is -0.132. The number of carbonyl (C=O) groups is 3. The van der Waals surface area contributed by atoms with E-state index in [0.717, 1.165) is 0 Å². The van der Waals surface area contributed by atoms with Gasteiger partial charge >= 0.3 is 0 Å². The highest BCUT2D eigenvalue weighted by atomic mass is 32.2. The van der Waals surface area contributed by atoms with Crippen molar-refractivity contribution in [1.29, 1.82) is 0 Å². The number of rotatable bonds is 6. The standard InChI is InChI=1S/C17H24N4O5S/c1-20(2)15(22)11-19-17(24)12-7-9-21(10-8-12)27(25,26)14-6-4-3-5-13(14)16(18)23/h3-6,12H,7-11H2,1-2H3,(H2,18,23)(H,19,24). The van der Waals surface area contributed by atoms with Crippen LogP contribution in [0.25, 0.3) is 0 Å². The van der Waals surface area contributed by atoms with E-state index in [2.05, 4.69) is 5.32 Å². The minimum absolute atomic E-state index is 0.0560. The Morgan fingerprint density at radius 3 is 2.33 bits per heavy atom. The summed E-state index contributed by atoms with van der Waals surface area (Å²) in [6.45, 7) is 0.209. The van der Waals surface area contributed by atoms with E-state index in [1.165, 1.54) is 27.4 Å². The summed E-state index contributed by atoms with van der Waals surface area (Å²) in [6, 6.07) is 5.80. The third-order valence-electron chi connectivity index (χ3n) is 4.51. The Kier molecular flexibility index (Phi) is 6.55. The Morgan fingerprint density at radius 1 is 1.19 bits per heavy atom. The summed E-state index contributed by atoms with van der Waals surface area (Å²) >= 11 is 0. The van der Waals surface area contributed by atoms with Crippen molar-refractivity contribution in [3.63, 3.8) is 0 Å². The van der Waals surface area contributed by atoms with Crippen LogP contribution in [0.2, 0.25) is 0 Å². The van der Waals surface area contributed by atoms with Crippen LogP contribution in [0.4, 0.5) is 0 Å². The van der Waals surface area contributed by atoms with E-state index in [-0.39, 0.29) is 47.8 Å². The van der Waals surface area contributed by atoms with Gasteiger partial charge in [-0.25, -0.2) is 8.42 Å². The highest BCUT2D eigenvalue weighted by Gasteiger charge is 2.33. The Morgan fingerprint density at radius 2 is 1.78 bits per heavy atom. The summed E-state index contributed by atoms with van der Waals surface area (Å²) in [6.07, 6.45) is 0.667. The molecule has 0 spiro atoms. The van der Waals surface area contributed by atoms with E-state index >= 15 is 0 Å². The van der Waals surface area contributed by atoms with Crippen molar-refractivity contribution in [1.82, 2.24) is 14.5 Å². The first-order chi connectivity index (χ1) is 12.6. The lowest BCUT2D eigenvalue weighted by Gasteiger charge is -2.31. The fourth-order valence-electron chi connectivity index (χ4n) is 2.86. The van der Waals surface area contributed by atoms with E-state index in [1.807, 2.05) is 0 Å². The third-order valence-corrected chi connectivity index (χ3v) is 6.46. The molecule has 0 atom stereocenters. The first-order valence-electron chi connectivity index (χ1n) is 8.51. The van der Waals surface area contributed by atoms with Gasteiger partial charge in [0.2, 0.25) is 27.7 Å². The number of hydrogen-bond donors (Lipinski definition) is 2. The number of primary amides is 1. The molecule has 0 aromatic heterocycles. The zero-order valence-corrected chi connectivity index (χ0v) is 16.2. The molecular weight excluding hydrogens is 372 g/mol. The molecule has 0 bridgehead atoms. The van der Waals surface area contributed by atoms with Crippen molar-refractivity contribution in [3.8, 4) is 0 Å². The molecule has 0 aliphatic carbocycles. The lowest BCUT2D eigenvalue weighted by atomic mass is 9.97. The largest absolute Gasteiger partial charge is 0.366 e. The van der Waals surface area contributed by atoms with Crippen LogP contribution in [0, 0.1) is 5.92 Å². The van der Waals surface area contributed by atoms with Gasteiger partial charge in [0.05, 0.1) is 17.0 Å². The molecule has 3 amide bonds. The van der Waals surface area contributed by atoms with Crippen molar-refractivity contribution in [2.75, 3.05) is 33.7 Å². The molecule has 1 aromatic carbocycles. The van der Waals surface area contributed by atoms with Gasteiger partial charge in [0.25, 0.3) is 0 Å². The van der Waals surface area contributed by atoms with Crippen LogP contribution in [0.1, 0.15) is 23.2 Å². The van der Waals surface area contributed by atoms with Gasteiger partial charge < -0.3 is 16.0 Å². The number of sulfonamides is 1. The van der Waals surface area contributed by atoms with Crippen LogP contribution in [-0.4, -0.2) is 69.1 Å². The topological polar surface area (TPSA) is 130 Å². The number of amides is 3. The summed E-state index contributed by atoms with van der Waals surface area (Å²) in [5.74, 6) is -1.65. The minimum atomic E-state index is -3.88. The molecule has 3 N–H and O–H groups in total. The van der Waals surface area contributed by atoms with Crippen LogP contribution in [0.15, 0.2) is 29.2 Å². The van der Waals surface area contributed by atoms with E-state index in [1.54, 1.807) is 20.2 Å². The minimum Gasteiger partial charge on any atom is -0.366 e. The second-order valence-electron chi connectivity index (χ2n) is 6.54. The van der Waals surface area contributed by atoms with Gasteiger partial charge in [-0.15, -0.1) is 0 Å². The predicted octanol–water partition coefficient (Wildman–Crippen LogP) is -0.609. The quantitative estimate of drug-likeness (QED) is 0.663. The maximum absolute atomic E-state index is 12.8. The van der Waals surface area contributed by atoms with Gasteiger partial charge in [0.1, 0.15) is 0 Å². The number of nitrogens with one attached hydrogen (secondary N) is 1. The zero-order valence-electron chi connectivity index (χ0n) is 15.3. The summed E-state index contributed by atoms with van der Waals surface area (Å²) in [4.78, 5) is 36.5. The van der Waals surface area contributed by atoms with Gasteiger partial charge in [-0.05, 0) is 25.0 Å². The molecule has 1 aliphatic rings. The lowest BCUT2D eigenvalue weighted by Crippen LogP contribution is -2.45. The van der Waals surface area contributed by atoms with E-state index in [9.17, 15) is 22.8 Å². The Labute approximate surface area is 158 Å². The maximum Gasteiger partial charge on any atom is 0.250 e. The molecule has 1 aromatic rings. The first-order valence-corrected chi connectivity index (χ1v) is 9.95. The maximum atomic E-state index is 12.8. The molecular formula is C17H24N4O5S. The average Bonchev–Trinajstić information content (AvgIpc) is 2.65. The van der Waals surface area contributed by atoms with Gasteiger partial charge in [0.15, 0.2) is 0 Å². The van der Waals surface area contributed by atoms with Crippen LogP contribution >= 0.6 is 0 Å². The number of nitrogens with two attached hydrogens (primary N) is 1. The highest BCUT2D eigenvalue weighted by molar-refractivity contribution is 7.89. The molecule has 1 saturated heterocycles. The number of likely N-dealkylation sites (N-methyl/N-ethyl adjacent to an activating group) is 1. The number of benzene rings is 1. The van der Waals surface area contributed by atoms with Crippen molar-refractivity contribution in [3.05, 3.63) is 29.8 Å². The van der Waals surface area contributed by atoms with E-state index < -0.39 is 15.9 Å². The smallest absolute Gasteiger partial charge is 0.250 e.